The average molecular weight is 658 g/mol. The lowest BCUT2D eigenvalue weighted by Crippen LogP contribution is -2.21. The summed E-state index contributed by atoms with van der Waals surface area (Å²) in [6, 6.07) is 45.1. The maximum absolute atomic E-state index is 6.65. The highest BCUT2D eigenvalue weighted by atomic mass is 16.3. The Morgan fingerprint density at radius 2 is 1.45 bits per heavy atom. The van der Waals surface area contributed by atoms with Gasteiger partial charge < -0.3 is 10.2 Å². The van der Waals surface area contributed by atoms with Crippen LogP contribution in [0.5, 0.6) is 0 Å². The number of nitrogens with zero attached hydrogens (tertiary/aromatic N) is 2. The van der Waals surface area contributed by atoms with E-state index in [-0.39, 0.29) is 11.5 Å². The first kappa shape index (κ1) is 29.7. The molecule has 10 rings (SSSR count). The number of rotatable bonds is 4. The highest BCUT2D eigenvalue weighted by Crippen LogP contribution is 2.51. The maximum atomic E-state index is 6.65. The van der Waals surface area contributed by atoms with Crippen LogP contribution in [0.15, 0.2) is 167 Å². The molecule has 4 nitrogen and oxygen atoms in total. The number of para-hydroxylation sites is 2. The van der Waals surface area contributed by atoms with Crippen LogP contribution in [0.1, 0.15) is 30.5 Å². The molecule has 0 spiro atoms. The molecule has 1 atom stereocenters. The minimum atomic E-state index is -0.251. The fourth-order valence-corrected chi connectivity index (χ4v) is 8.33. The van der Waals surface area contributed by atoms with Crippen molar-refractivity contribution in [2.45, 2.75) is 25.3 Å². The van der Waals surface area contributed by atoms with Crippen molar-refractivity contribution in [3.05, 3.63) is 174 Å². The van der Waals surface area contributed by atoms with Gasteiger partial charge in [-0.15, -0.1) is 0 Å². The normalized spacial score (nSPS) is 17.3. The van der Waals surface area contributed by atoms with Crippen LogP contribution in [-0.4, -0.2) is 16.9 Å². The third-order valence-electron chi connectivity index (χ3n) is 10.9. The van der Waals surface area contributed by atoms with Crippen molar-refractivity contribution >= 4 is 55.8 Å². The second-order valence-electron chi connectivity index (χ2n) is 14.2. The summed E-state index contributed by atoms with van der Waals surface area (Å²) in [4.78, 5) is 5.29. The number of nitrogens with two attached hydrogens (primary N) is 1. The van der Waals surface area contributed by atoms with Crippen LogP contribution >= 0.6 is 0 Å². The van der Waals surface area contributed by atoms with Crippen LogP contribution in [0.25, 0.3) is 71.7 Å². The molecule has 0 saturated heterocycles. The SMILES string of the molecule is CC1(C)c2ccccc2-c2cc3c(cc21)c1ccc(-c2cccc4c2oc2ccccc24)cc1n3/C=N/C(=C1/C=CC=CC1N)c1ccccc1. The van der Waals surface area contributed by atoms with Gasteiger partial charge in [-0.1, -0.05) is 141 Å². The van der Waals surface area contributed by atoms with E-state index in [4.69, 9.17) is 15.1 Å². The summed E-state index contributed by atoms with van der Waals surface area (Å²) < 4.78 is 8.75. The number of aliphatic imine (C=N–C) groups is 1. The molecule has 2 heterocycles. The second-order valence-corrected chi connectivity index (χ2v) is 14.2. The first-order valence-corrected chi connectivity index (χ1v) is 17.5. The molecule has 0 bridgehead atoms. The molecule has 0 radical (unpaired) electrons. The Kier molecular flexibility index (Phi) is 6.48. The maximum Gasteiger partial charge on any atom is 0.143 e. The second kappa shape index (κ2) is 11.1. The molecule has 0 aliphatic heterocycles. The van der Waals surface area contributed by atoms with E-state index in [0.717, 1.165) is 60.9 Å². The van der Waals surface area contributed by atoms with Gasteiger partial charge >= 0.3 is 0 Å². The lowest BCUT2D eigenvalue weighted by molar-refractivity contribution is 0.661. The number of allylic oxidation sites excluding steroid dienone is 2. The van der Waals surface area contributed by atoms with Gasteiger partial charge in [0.2, 0.25) is 0 Å². The Hall–Kier alpha value is -6.23. The van der Waals surface area contributed by atoms with Gasteiger partial charge in [0.05, 0.1) is 22.8 Å². The Bertz CT molecular complexity index is 2840. The summed E-state index contributed by atoms with van der Waals surface area (Å²) in [6.07, 6.45) is 10.1. The topological polar surface area (TPSA) is 56.5 Å². The van der Waals surface area contributed by atoms with Gasteiger partial charge in [-0.2, -0.15) is 0 Å². The van der Waals surface area contributed by atoms with Gasteiger partial charge in [-0.05, 0) is 57.7 Å². The van der Waals surface area contributed by atoms with Crippen LogP contribution in [0.4, 0.5) is 0 Å². The smallest absolute Gasteiger partial charge is 0.143 e. The number of aromatic nitrogens is 1. The van der Waals surface area contributed by atoms with Crippen molar-refractivity contribution in [1.29, 1.82) is 0 Å². The highest BCUT2D eigenvalue weighted by Gasteiger charge is 2.36. The minimum absolute atomic E-state index is 0.110. The molecule has 0 saturated carbocycles. The van der Waals surface area contributed by atoms with Crippen molar-refractivity contribution in [3.8, 4) is 22.3 Å². The first-order chi connectivity index (χ1) is 25.0. The Morgan fingerprint density at radius 1 is 0.686 bits per heavy atom. The third-order valence-corrected chi connectivity index (χ3v) is 10.9. The molecule has 2 aromatic heterocycles. The largest absolute Gasteiger partial charge is 0.455 e. The summed E-state index contributed by atoms with van der Waals surface area (Å²) in [5.41, 5.74) is 20.8. The number of hydrogen-bond acceptors (Lipinski definition) is 3. The fourth-order valence-electron chi connectivity index (χ4n) is 8.33. The molecule has 2 N–H and O–H groups in total. The van der Waals surface area contributed by atoms with Gasteiger partial charge in [0.15, 0.2) is 0 Å². The van der Waals surface area contributed by atoms with E-state index in [1.165, 1.54) is 33.0 Å². The lowest BCUT2D eigenvalue weighted by atomic mass is 9.82. The zero-order chi connectivity index (χ0) is 34.3. The molecule has 6 aromatic carbocycles. The predicted octanol–water partition coefficient (Wildman–Crippen LogP) is 11.4. The molecule has 0 amide bonds. The minimum Gasteiger partial charge on any atom is -0.455 e. The number of hydrogen-bond donors (Lipinski definition) is 1. The summed E-state index contributed by atoms with van der Waals surface area (Å²) >= 11 is 0. The number of furan rings is 1. The highest BCUT2D eigenvalue weighted by molar-refractivity contribution is 6.15. The van der Waals surface area contributed by atoms with Crippen molar-refractivity contribution in [2.24, 2.45) is 10.7 Å². The van der Waals surface area contributed by atoms with E-state index in [1.807, 2.05) is 54.9 Å². The quantitative estimate of drug-likeness (QED) is 0.151. The first-order valence-electron chi connectivity index (χ1n) is 17.5. The van der Waals surface area contributed by atoms with Crippen LogP contribution in [-0.2, 0) is 5.41 Å². The molecule has 8 aromatic rings. The van der Waals surface area contributed by atoms with E-state index in [2.05, 4.69) is 122 Å². The van der Waals surface area contributed by atoms with Crippen LogP contribution in [0.3, 0.4) is 0 Å². The number of benzene rings is 6. The fraction of sp³-hybridized carbons (Fsp3) is 0.0851. The Labute approximate surface area is 296 Å². The van der Waals surface area contributed by atoms with E-state index >= 15 is 0 Å². The van der Waals surface area contributed by atoms with E-state index in [9.17, 15) is 0 Å². The van der Waals surface area contributed by atoms with Gasteiger partial charge in [0.1, 0.15) is 17.5 Å². The molecule has 1 unspecified atom stereocenters. The number of fused-ring (bicyclic) bond motifs is 9. The van der Waals surface area contributed by atoms with Crippen LogP contribution < -0.4 is 5.73 Å². The molecule has 4 heteroatoms. The van der Waals surface area contributed by atoms with E-state index in [1.54, 1.807) is 0 Å². The summed E-state index contributed by atoms with van der Waals surface area (Å²) in [5.74, 6) is 0. The summed E-state index contributed by atoms with van der Waals surface area (Å²) in [5, 5.41) is 4.63. The third kappa shape index (κ3) is 4.47. The molecular weight excluding hydrogens is 623 g/mol. The molecule has 51 heavy (non-hydrogen) atoms. The van der Waals surface area contributed by atoms with Gasteiger partial charge in [0, 0.05) is 38.1 Å². The lowest BCUT2D eigenvalue weighted by Gasteiger charge is -2.21. The average Bonchev–Trinajstić information content (AvgIpc) is 3.77. The molecule has 2 aliphatic rings. The van der Waals surface area contributed by atoms with Crippen LogP contribution in [0, 0.1) is 0 Å². The predicted molar refractivity (Wildman–Crippen MR) is 213 cm³/mol. The molecular formula is C47H35N3O. The van der Waals surface area contributed by atoms with Crippen molar-refractivity contribution < 1.29 is 4.42 Å². The standard InChI is InChI=1S/C47H35N3O/c1-47(2)39-20-9-6-15-32(39)37-27-43-38(26-40(37)47)33-24-23-30(31-18-12-19-35-34-16-8-11-22-44(34)51-46(31)35)25-42(33)50(43)28-49-45(29-13-4-3-5-14-29)36-17-7-10-21-41(36)48/h3-28,41H,48H2,1-2H3/b45-36-,49-28+. The Morgan fingerprint density at radius 3 is 2.33 bits per heavy atom. The van der Waals surface area contributed by atoms with Gasteiger partial charge in [-0.25, -0.2) is 4.99 Å². The van der Waals surface area contributed by atoms with E-state index in [0.29, 0.717) is 0 Å². The van der Waals surface area contributed by atoms with Gasteiger partial charge in [-0.3, -0.25) is 4.57 Å². The molecule has 0 fully saturated rings. The van der Waals surface area contributed by atoms with Crippen molar-refractivity contribution in [2.75, 3.05) is 0 Å². The van der Waals surface area contributed by atoms with Crippen molar-refractivity contribution in [1.82, 2.24) is 4.57 Å². The monoisotopic (exact) mass is 657 g/mol. The molecule has 2 aliphatic carbocycles. The zero-order valence-corrected chi connectivity index (χ0v) is 28.5. The molecule has 244 valence electrons. The zero-order valence-electron chi connectivity index (χ0n) is 28.5. The summed E-state index contributed by atoms with van der Waals surface area (Å²) in [7, 11) is 0. The Balaban J connectivity index is 1.25. The van der Waals surface area contributed by atoms with Crippen molar-refractivity contribution in [3.63, 3.8) is 0 Å². The van der Waals surface area contributed by atoms with Gasteiger partial charge in [0.25, 0.3) is 0 Å². The summed E-state index contributed by atoms with van der Waals surface area (Å²) in [6.45, 7) is 4.67. The van der Waals surface area contributed by atoms with E-state index < -0.39 is 0 Å². The van der Waals surface area contributed by atoms with Crippen LogP contribution in [0.2, 0.25) is 0 Å².